The van der Waals surface area contributed by atoms with Crippen molar-refractivity contribution in [2.75, 3.05) is 6.61 Å². The van der Waals surface area contributed by atoms with Crippen LogP contribution >= 0.6 is 0 Å². The minimum Gasteiger partial charge on any atom is -0.345 e. The van der Waals surface area contributed by atoms with E-state index in [-0.39, 0.29) is 11.4 Å². The zero-order valence-corrected chi connectivity index (χ0v) is 8.59. The molecule has 14 heavy (non-hydrogen) atoms. The van der Waals surface area contributed by atoms with Crippen molar-refractivity contribution in [1.82, 2.24) is 0 Å². The Morgan fingerprint density at radius 3 is 2.29 bits per heavy atom. The molecule has 2 atom stereocenters. The van der Waals surface area contributed by atoms with Crippen LogP contribution in [-0.4, -0.2) is 18.0 Å². The summed E-state index contributed by atoms with van der Waals surface area (Å²) in [7, 11) is 0. The van der Waals surface area contributed by atoms with Gasteiger partial charge in [0.2, 0.25) is 5.79 Å². The van der Waals surface area contributed by atoms with Crippen LogP contribution in [0.15, 0.2) is 0 Å². The van der Waals surface area contributed by atoms with E-state index in [4.69, 9.17) is 14.5 Å². The summed E-state index contributed by atoms with van der Waals surface area (Å²) >= 11 is 0. The summed E-state index contributed by atoms with van der Waals surface area (Å²) in [4.78, 5) is 10.8. The standard InChI is InChI=1S/C11H18O3/c1-2-4-8-11-10(6-3-1,13-14-11)7-5-9-12-11/h1-9H2/t10-,11-/m0/s1. The number of hydrogen-bond donors (Lipinski definition) is 0. The molecule has 2 saturated heterocycles. The van der Waals surface area contributed by atoms with Crippen LogP contribution in [0.4, 0.5) is 0 Å². The number of hydrogen-bond acceptors (Lipinski definition) is 3. The number of rotatable bonds is 0. The van der Waals surface area contributed by atoms with Gasteiger partial charge in [0.1, 0.15) is 0 Å². The highest BCUT2D eigenvalue weighted by molar-refractivity contribution is 5.02. The fourth-order valence-corrected chi connectivity index (χ4v) is 3.06. The second-order valence-corrected chi connectivity index (χ2v) is 4.78. The van der Waals surface area contributed by atoms with E-state index in [9.17, 15) is 0 Å². The molecule has 0 aromatic rings. The largest absolute Gasteiger partial charge is 0.345 e. The SMILES string of the molecule is C1CCC[C@@]23OCCC[C@]2(CC1)OO3. The summed E-state index contributed by atoms with van der Waals surface area (Å²) in [5, 5.41) is 0. The first-order valence-corrected chi connectivity index (χ1v) is 5.88. The summed E-state index contributed by atoms with van der Waals surface area (Å²) in [6.07, 6.45) is 9.49. The molecule has 80 valence electrons. The van der Waals surface area contributed by atoms with Gasteiger partial charge in [-0.25, -0.2) is 4.89 Å². The van der Waals surface area contributed by atoms with Gasteiger partial charge in [-0.3, -0.25) is 0 Å². The van der Waals surface area contributed by atoms with Gasteiger partial charge in [0.05, 0.1) is 6.61 Å². The Labute approximate surface area is 84.6 Å². The lowest BCUT2D eigenvalue weighted by molar-refractivity contribution is -0.623. The number of ether oxygens (including phenoxy) is 1. The molecule has 1 saturated carbocycles. The summed E-state index contributed by atoms with van der Waals surface area (Å²) in [6, 6.07) is 0. The predicted molar refractivity (Wildman–Crippen MR) is 50.5 cm³/mol. The van der Waals surface area contributed by atoms with Crippen LogP contribution in [0.3, 0.4) is 0 Å². The van der Waals surface area contributed by atoms with E-state index in [0.717, 1.165) is 32.3 Å². The van der Waals surface area contributed by atoms with E-state index in [1.807, 2.05) is 0 Å². The maximum absolute atomic E-state index is 5.85. The minimum absolute atomic E-state index is 0.0777. The molecule has 0 unspecified atom stereocenters. The molecule has 0 spiro atoms. The van der Waals surface area contributed by atoms with Gasteiger partial charge >= 0.3 is 0 Å². The van der Waals surface area contributed by atoms with Crippen molar-refractivity contribution in [3.8, 4) is 0 Å². The van der Waals surface area contributed by atoms with Gasteiger partial charge in [-0.1, -0.05) is 19.3 Å². The van der Waals surface area contributed by atoms with Crippen molar-refractivity contribution in [1.29, 1.82) is 0 Å². The van der Waals surface area contributed by atoms with Crippen LogP contribution in [0.1, 0.15) is 51.4 Å². The summed E-state index contributed by atoms with van der Waals surface area (Å²) in [6.45, 7) is 0.838. The average Bonchev–Trinajstić information content (AvgIpc) is 2.15. The Morgan fingerprint density at radius 2 is 1.50 bits per heavy atom. The molecule has 0 aromatic carbocycles. The monoisotopic (exact) mass is 198 g/mol. The average molecular weight is 198 g/mol. The molecule has 0 N–H and O–H groups in total. The van der Waals surface area contributed by atoms with Crippen LogP contribution < -0.4 is 0 Å². The predicted octanol–water partition coefficient (Wildman–Crippen LogP) is 2.55. The van der Waals surface area contributed by atoms with Crippen LogP contribution in [0, 0.1) is 0 Å². The Kier molecular flexibility index (Phi) is 2.08. The van der Waals surface area contributed by atoms with Gasteiger partial charge in [-0.2, -0.15) is 4.89 Å². The Morgan fingerprint density at radius 1 is 0.714 bits per heavy atom. The van der Waals surface area contributed by atoms with E-state index in [2.05, 4.69) is 0 Å². The fourth-order valence-electron chi connectivity index (χ4n) is 3.06. The Hall–Kier alpha value is -0.120. The van der Waals surface area contributed by atoms with E-state index >= 15 is 0 Å². The minimum atomic E-state index is -0.355. The molecule has 0 radical (unpaired) electrons. The molecule has 0 bridgehead atoms. The van der Waals surface area contributed by atoms with E-state index < -0.39 is 0 Å². The summed E-state index contributed by atoms with van der Waals surface area (Å²) in [5.74, 6) is -0.355. The van der Waals surface area contributed by atoms with Crippen molar-refractivity contribution >= 4 is 0 Å². The van der Waals surface area contributed by atoms with Crippen LogP contribution in [0.5, 0.6) is 0 Å². The van der Waals surface area contributed by atoms with Crippen LogP contribution in [0.25, 0.3) is 0 Å². The van der Waals surface area contributed by atoms with Crippen molar-refractivity contribution in [3.05, 3.63) is 0 Å². The summed E-state index contributed by atoms with van der Waals surface area (Å²) < 4.78 is 5.85. The van der Waals surface area contributed by atoms with Crippen molar-refractivity contribution in [2.24, 2.45) is 0 Å². The van der Waals surface area contributed by atoms with E-state index in [0.29, 0.717) is 0 Å². The molecule has 3 aliphatic rings. The first-order chi connectivity index (χ1) is 6.87. The van der Waals surface area contributed by atoms with Crippen molar-refractivity contribution in [2.45, 2.75) is 62.8 Å². The van der Waals surface area contributed by atoms with Gasteiger partial charge < -0.3 is 4.74 Å². The second kappa shape index (κ2) is 3.19. The molecule has 3 rings (SSSR count). The molecule has 3 nitrogen and oxygen atoms in total. The first kappa shape index (κ1) is 9.13. The van der Waals surface area contributed by atoms with Gasteiger partial charge in [0.15, 0.2) is 5.60 Å². The fraction of sp³-hybridized carbons (Fsp3) is 1.00. The van der Waals surface area contributed by atoms with Gasteiger partial charge in [0, 0.05) is 6.42 Å². The van der Waals surface area contributed by atoms with Gasteiger partial charge in [-0.05, 0) is 25.7 Å². The molecule has 0 amide bonds. The molecule has 0 aromatic heterocycles. The van der Waals surface area contributed by atoms with Gasteiger partial charge in [-0.15, -0.1) is 0 Å². The smallest absolute Gasteiger partial charge is 0.234 e. The van der Waals surface area contributed by atoms with E-state index in [1.165, 1.54) is 25.7 Å². The maximum Gasteiger partial charge on any atom is 0.234 e. The molecule has 3 heteroatoms. The third kappa shape index (κ3) is 1.09. The van der Waals surface area contributed by atoms with Crippen LogP contribution in [-0.2, 0) is 14.5 Å². The third-order valence-electron chi connectivity index (χ3n) is 3.93. The highest BCUT2D eigenvalue weighted by Gasteiger charge is 2.65. The van der Waals surface area contributed by atoms with E-state index in [1.54, 1.807) is 0 Å². The zero-order chi connectivity index (χ0) is 9.49. The molecule has 2 heterocycles. The maximum atomic E-state index is 5.85. The zero-order valence-electron chi connectivity index (χ0n) is 8.59. The lowest BCUT2D eigenvalue weighted by Crippen LogP contribution is -2.70. The molecule has 2 aliphatic heterocycles. The first-order valence-electron chi connectivity index (χ1n) is 5.88. The second-order valence-electron chi connectivity index (χ2n) is 4.78. The lowest BCUT2D eigenvalue weighted by Gasteiger charge is -2.58. The molecular weight excluding hydrogens is 180 g/mol. The quantitative estimate of drug-likeness (QED) is 0.560. The van der Waals surface area contributed by atoms with Crippen LogP contribution in [0.2, 0.25) is 0 Å². The highest BCUT2D eigenvalue weighted by atomic mass is 17.3. The molecule has 3 fully saturated rings. The lowest BCUT2D eigenvalue weighted by atomic mass is 9.76. The highest BCUT2D eigenvalue weighted by Crippen LogP contribution is 2.54. The Balaban J connectivity index is 1.84. The topological polar surface area (TPSA) is 27.7 Å². The molecular formula is C11H18O3. The normalized spacial score (nSPS) is 48.0. The third-order valence-corrected chi connectivity index (χ3v) is 3.93. The Bertz CT molecular complexity index is 207. The van der Waals surface area contributed by atoms with Crippen molar-refractivity contribution < 1.29 is 14.5 Å². The molecule has 1 aliphatic carbocycles. The summed E-state index contributed by atoms with van der Waals surface area (Å²) in [5.41, 5.74) is -0.0777. The van der Waals surface area contributed by atoms with Gasteiger partial charge in [0.25, 0.3) is 0 Å². The van der Waals surface area contributed by atoms with Crippen molar-refractivity contribution in [3.63, 3.8) is 0 Å².